The average molecular weight is 342 g/mol. The maximum Gasteiger partial charge on any atom is 0.249 e. The summed E-state index contributed by atoms with van der Waals surface area (Å²) in [5.41, 5.74) is 2.14. The van der Waals surface area contributed by atoms with Crippen molar-refractivity contribution in [3.05, 3.63) is 64.7 Å². The van der Waals surface area contributed by atoms with Gasteiger partial charge in [0.1, 0.15) is 22.4 Å². The van der Waals surface area contributed by atoms with E-state index >= 15 is 0 Å². The second-order valence-corrected chi connectivity index (χ2v) is 6.39. The monoisotopic (exact) mass is 342 g/mol. The zero-order chi connectivity index (χ0) is 16.8. The SMILES string of the molecule is NS(=O)c1cccc(-c2cc(=O)[nH]c3c2oc2ccc(F)cc23)c1. The molecule has 0 fully saturated rings. The topological polar surface area (TPSA) is 89.1 Å². The molecular formula is C17H11FN2O3S. The number of fused-ring (bicyclic) bond motifs is 3. The van der Waals surface area contributed by atoms with Crippen molar-refractivity contribution < 1.29 is 13.0 Å². The van der Waals surface area contributed by atoms with Crippen LogP contribution >= 0.6 is 0 Å². The van der Waals surface area contributed by atoms with E-state index < -0.39 is 16.8 Å². The number of furan rings is 1. The molecule has 0 aliphatic carbocycles. The third-order valence-corrected chi connectivity index (χ3v) is 4.51. The van der Waals surface area contributed by atoms with Crippen LogP contribution in [0.15, 0.2) is 62.6 Å². The lowest BCUT2D eigenvalue weighted by Crippen LogP contribution is -2.05. The normalized spacial score (nSPS) is 12.8. The minimum atomic E-state index is -1.64. The molecule has 5 nitrogen and oxygen atoms in total. The number of nitrogens with two attached hydrogens (primary N) is 1. The standard InChI is InChI=1S/C17H11FN2O3S/c18-10-4-5-14-13(7-10)16-17(23-14)12(8-15(21)20-16)9-2-1-3-11(6-9)24(19)22/h1-8H,19H2,(H,20,21). The van der Waals surface area contributed by atoms with Crippen molar-refractivity contribution in [2.24, 2.45) is 5.14 Å². The highest BCUT2D eigenvalue weighted by Crippen LogP contribution is 2.34. The van der Waals surface area contributed by atoms with Crippen molar-refractivity contribution in [2.45, 2.75) is 4.90 Å². The first kappa shape index (κ1) is 14.8. The van der Waals surface area contributed by atoms with Gasteiger partial charge in [-0.25, -0.2) is 13.7 Å². The second-order valence-electron chi connectivity index (χ2n) is 5.32. The highest BCUT2D eigenvalue weighted by atomic mass is 32.2. The van der Waals surface area contributed by atoms with Crippen LogP contribution in [-0.2, 0) is 11.0 Å². The first-order valence-corrected chi connectivity index (χ1v) is 8.26. The van der Waals surface area contributed by atoms with Crippen LogP contribution in [0.4, 0.5) is 4.39 Å². The van der Waals surface area contributed by atoms with Gasteiger partial charge in [-0.15, -0.1) is 0 Å². The molecule has 1 atom stereocenters. The molecule has 2 aromatic heterocycles. The molecule has 0 aliphatic heterocycles. The molecule has 0 saturated heterocycles. The smallest absolute Gasteiger partial charge is 0.249 e. The number of halogens is 1. The number of pyridine rings is 1. The van der Waals surface area contributed by atoms with E-state index in [0.29, 0.717) is 38.1 Å². The van der Waals surface area contributed by atoms with E-state index in [1.54, 1.807) is 24.3 Å². The molecule has 1 unspecified atom stereocenters. The molecule has 0 aliphatic rings. The van der Waals surface area contributed by atoms with Crippen LogP contribution < -0.4 is 10.7 Å². The van der Waals surface area contributed by atoms with Gasteiger partial charge in [-0.1, -0.05) is 12.1 Å². The summed E-state index contributed by atoms with van der Waals surface area (Å²) in [7, 11) is -1.64. The lowest BCUT2D eigenvalue weighted by molar-refractivity contribution is 0.626. The number of benzene rings is 2. The molecule has 2 heterocycles. The molecule has 4 rings (SSSR count). The first-order valence-electron chi connectivity index (χ1n) is 7.04. The Hall–Kier alpha value is -2.77. The zero-order valence-electron chi connectivity index (χ0n) is 12.2. The van der Waals surface area contributed by atoms with Gasteiger partial charge in [-0.2, -0.15) is 0 Å². The lowest BCUT2D eigenvalue weighted by atomic mass is 10.1. The number of hydrogen-bond donors (Lipinski definition) is 2. The number of aromatic amines is 1. The highest BCUT2D eigenvalue weighted by molar-refractivity contribution is 7.82. The van der Waals surface area contributed by atoms with E-state index in [4.69, 9.17) is 9.56 Å². The molecule has 0 saturated carbocycles. The summed E-state index contributed by atoms with van der Waals surface area (Å²) in [5, 5.41) is 5.91. The van der Waals surface area contributed by atoms with Crippen LogP contribution in [0.25, 0.3) is 33.2 Å². The number of H-pyrrole nitrogens is 1. The van der Waals surface area contributed by atoms with Crippen molar-refractivity contribution in [3.63, 3.8) is 0 Å². The summed E-state index contributed by atoms with van der Waals surface area (Å²) in [5.74, 6) is -0.419. The van der Waals surface area contributed by atoms with E-state index in [2.05, 4.69) is 4.98 Å². The molecule has 4 aromatic rings. The molecular weight excluding hydrogens is 331 g/mol. The molecule has 0 bridgehead atoms. The Labute approximate surface area is 137 Å². The van der Waals surface area contributed by atoms with Crippen LogP contribution in [0.3, 0.4) is 0 Å². The fourth-order valence-corrected chi connectivity index (χ4v) is 3.20. The van der Waals surface area contributed by atoms with Crippen LogP contribution in [0.5, 0.6) is 0 Å². The number of hydrogen-bond acceptors (Lipinski definition) is 3. The average Bonchev–Trinajstić information content (AvgIpc) is 2.92. The fraction of sp³-hybridized carbons (Fsp3) is 0. The fourth-order valence-electron chi connectivity index (χ4n) is 2.74. The van der Waals surface area contributed by atoms with Gasteiger partial charge in [0, 0.05) is 17.0 Å². The summed E-state index contributed by atoms with van der Waals surface area (Å²) in [6, 6.07) is 12.2. The van der Waals surface area contributed by atoms with E-state index in [1.807, 2.05) is 0 Å². The molecule has 0 amide bonds. The maximum absolute atomic E-state index is 13.5. The van der Waals surface area contributed by atoms with Crippen molar-refractivity contribution >= 4 is 33.1 Å². The largest absolute Gasteiger partial charge is 0.454 e. The van der Waals surface area contributed by atoms with E-state index in [1.165, 1.54) is 24.3 Å². The van der Waals surface area contributed by atoms with Gasteiger partial charge in [0.25, 0.3) is 0 Å². The van der Waals surface area contributed by atoms with Gasteiger partial charge in [-0.3, -0.25) is 4.79 Å². The predicted molar refractivity (Wildman–Crippen MR) is 90.3 cm³/mol. The van der Waals surface area contributed by atoms with Gasteiger partial charge in [-0.05, 0) is 35.9 Å². The number of aromatic nitrogens is 1. The highest BCUT2D eigenvalue weighted by Gasteiger charge is 2.15. The van der Waals surface area contributed by atoms with Crippen LogP contribution in [0.1, 0.15) is 0 Å². The molecule has 3 N–H and O–H groups in total. The first-order chi connectivity index (χ1) is 11.5. The summed E-state index contributed by atoms with van der Waals surface area (Å²) >= 11 is 0. The Bertz CT molecular complexity index is 1180. The van der Waals surface area contributed by atoms with E-state index in [9.17, 15) is 13.4 Å². The molecule has 7 heteroatoms. The van der Waals surface area contributed by atoms with Crippen molar-refractivity contribution in [3.8, 4) is 11.1 Å². The minimum Gasteiger partial charge on any atom is -0.454 e. The second kappa shape index (κ2) is 5.40. The van der Waals surface area contributed by atoms with E-state index in [0.717, 1.165) is 0 Å². The molecule has 0 spiro atoms. The van der Waals surface area contributed by atoms with Gasteiger partial charge in [0.2, 0.25) is 5.56 Å². The molecule has 2 aromatic carbocycles. The Kier molecular flexibility index (Phi) is 3.33. The van der Waals surface area contributed by atoms with Crippen molar-refractivity contribution in [2.75, 3.05) is 0 Å². The summed E-state index contributed by atoms with van der Waals surface area (Å²) in [6.07, 6.45) is 0. The minimum absolute atomic E-state index is 0.344. The Morgan fingerprint density at radius 1 is 1.12 bits per heavy atom. The summed E-state index contributed by atoms with van der Waals surface area (Å²) < 4.78 is 30.8. The van der Waals surface area contributed by atoms with E-state index in [-0.39, 0.29) is 5.56 Å². The van der Waals surface area contributed by atoms with Crippen molar-refractivity contribution in [1.82, 2.24) is 4.98 Å². The summed E-state index contributed by atoms with van der Waals surface area (Å²) in [4.78, 5) is 15.2. The number of nitrogens with one attached hydrogen (secondary N) is 1. The quantitative estimate of drug-likeness (QED) is 0.587. The Morgan fingerprint density at radius 3 is 2.75 bits per heavy atom. The lowest BCUT2D eigenvalue weighted by Gasteiger charge is -2.04. The molecule has 0 radical (unpaired) electrons. The molecule has 120 valence electrons. The zero-order valence-corrected chi connectivity index (χ0v) is 13.0. The number of rotatable bonds is 2. The third kappa shape index (κ3) is 2.34. The summed E-state index contributed by atoms with van der Waals surface area (Å²) in [6.45, 7) is 0. The van der Waals surface area contributed by atoms with Gasteiger partial charge in [0.15, 0.2) is 5.58 Å². The van der Waals surface area contributed by atoms with Crippen LogP contribution in [0.2, 0.25) is 0 Å². The predicted octanol–water partition coefficient (Wildman–Crippen LogP) is 3.06. The Balaban J connectivity index is 2.09. The van der Waals surface area contributed by atoms with Crippen LogP contribution in [-0.4, -0.2) is 9.19 Å². The van der Waals surface area contributed by atoms with Gasteiger partial charge in [0.05, 0.1) is 10.4 Å². The molecule has 24 heavy (non-hydrogen) atoms. The van der Waals surface area contributed by atoms with Gasteiger partial charge >= 0.3 is 0 Å². The maximum atomic E-state index is 13.5. The van der Waals surface area contributed by atoms with Crippen molar-refractivity contribution in [1.29, 1.82) is 0 Å². The third-order valence-electron chi connectivity index (χ3n) is 3.80. The van der Waals surface area contributed by atoms with Crippen LogP contribution in [0, 0.1) is 5.82 Å². The van der Waals surface area contributed by atoms with Gasteiger partial charge < -0.3 is 9.40 Å². The Morgan fingerprint density at radius 2 is 1.96 bits per heavy atom.